The van der Waals surface area contributed by atoms with Crippen LogP contribution in [0.4, 0.5) is 8.78 Å². The molecule has 0 fully saturated rings. The second-order valence-corrected chi connectivity index (χ2v) is 2.23. The molecule has 0 aliphatic rings. The van der Waals surface area contributed by atoms with Crippen LogP contribution < -0.4 is 0 Å². The van der Waals surface area contributed by atoms with Crippen molar-refractivity contribution in [2.24, 2.45) is 0 Å². The zero-order chi connectivity index (χ0) is 7.65. The lowest BCUT2D eigenvalue weighted by Gasteiger charge is -2.20. The third-order valence-electron chi connectivity index (χ3n) is 1.05. The van der Waals surface area contributed by atoms with Crippen LogP contribution in [0.2, 0.25) is 0 Å². The van der Waals surface area contributed by atoms with Crippen LogP contribution in [0.1, 0.15) is 6.92 Å². The second-order valence-electron chi connectivity index (χ2n) is 2.23. The second kappa shape index (κ2) is 2.33. The number of halogens is 2. The van der Waals surface area contributed by atoms with Crippen LogP contribution in [0.3, 0.4) is 0 Å². The third kappa shape index (κ3) is 2.44. The lowest BCUT2D eigenvalue weighted by atomic mass is 10.3. The molecule has 0 aromatic heterocycles. The van der Waals surface area contributed by atoms with Crippen LogP contribution in [0.5, 0.6) is 0 Å². The van der Waals surface area contributed by atoms with Gasteiger partial charge in [0.2, 0.25) is 0 Å². The van der Waals surface area contributed by atoms with Crippen molar-refractivity contribution < 1.29 is 8.78 Å². The minimum atomic E-state index is -2.79. The Kier molecular flexibility index (Phi) is 2.18. The summed E-state index contributed by atoms with van der Waals surface area (Å²) in [6, 6.07) is 0. The fourth-order valence-electron chi connectivity index (χ4n) is 0.393. The molecule has 0 N–H and O–H groups in total. The summed E-state index contributed by atoms with van der Waals surface area (Å²) in [5, 5.41) is 0. The van der Waals surface area contributed by atoms with E-state index in [1.807, 2.05) is 0 Å². The standard InChI is InChI=1S/C6H11F2N/c1-5(9(3)4)6(2,7)8/h1H2,2-4H3. The van der Waals surface area contributed by atoms with Gasteiger partial charge >= 0.3 is 0 Å². The first kappa shape index (κ1) is 8.40. The van der Waals surface area contributed by atoms with E-state index in [1.165, 1.54) is 4.90 Å². The summed E-state index contributed by atoms with van der Waals surface area (Å²) in [6.45, 7) is 4.03. The van der Waals surface area contributed by atoms with Crippen LogP contribution in [0.15, 0.2) is 12.3 Å². The highest BCUT2D eigenvalue weighted by atomic mass is 19.3. The molecule has 54 valence electrons. The Morgan fingerprint density at radius 2 is 1.78 bits per heavy atom. The molecule has 9 heavy (non-hydrogen) atoms. The molecule has 0 amide bonds. The third-order valence-corrected chi connectivity index (χ3v) is 1.05. The van der Waals surface area contributed by atoms with Gasteiger partial charge in [-0.05, 0) is 0 Å². The maximum absolute atomic E-state index is 12.2. The predicted octanol–water partition coefficient (Wildman–Crippen LogP) is 1.72. The molecule has 0 bridgehead atoms. The van der Waals surface area contributed by atoms with Gasteiger partial charge in [-0.25, -0.2) is 8.78 Å². The van der Waals surface area contributed by atoms with Gasteiger partial charge in [0.15, 0.2) is 0 Å². The maximum Gasteiger partial charge on any atom is 0.284 e. The largest absolute Gasteiger partial charge is 0.377 e. The normalized spacial score (nSPS) is 11.2. The maximum atomic E-state index is 12.2. The lowest BCUT2D eigenvalue weighted by Crippen LogP contribution is -2.25. The average molecular weight is 135 g/mol. The van der Waals surface area contributed by atoms with E-state index >= 15 is 0 Å². The van der Waals surface area contributed by atoms with E-state index < -0.39 is 5.92 Å². The van der Waals surface area contributed by atoms with Gasteiger partial charge in [-0.1, -0.05) is 6.58 Å². The van der Waals surface area contributed by atoms with Gasteiger partial charge in [-0.2, -0.15) is 0 Å². The monoisotopic (exact) mass is 135 g/mol. The van der Waals surface area contributed by atoms with Crippen molar-refractivity contribution in [3.05, 3.63) is 12.3 Å². The first-order valence-electron chi connectivity index (χ1n) is 2.60. The van der Waals surface area contributed by atoms with Gasteiger partial charge in [0.25, 0.3) is 5.92 Å². The molecule has 1 nitrogen and oxygen atoms in total. The van der Waals surface area contributed by atoms with E-state index in [0.717, 1.165) is 6.92 Å². The highest BCUT2D eigenvalue weighted by Gasteiger charge is 2.26. The van der Waals surface area contributed by atoms with Gasteiger partial charge in [0.05, 0.1) is 5.70 Å². The van der Waals surface area contributed by atoms with Crippen molar-refractivity contribution in [1.29, 1.82) is 0 Å². The van der Waals surface area contributed by atoms with E-state index in [-0.39, 0.29) is 5.70 Å². The molecule has 3 heteroatoms. The number of rotatable bonds is 2. The van der Waals surface area contributed by atoms with E-state index in [2.05, 4.69) is 6.58 Å². The van der Waals surface area contributed by atoms with Gasteiger partial charge in [-0.3, -0.25) is 0 Å². The SMILES string of the molecule is C=C(N(C)C)C(C)(F)F. The molecule has 0 atom stereocenters. The Balaban J connectivity index is 4.06. The lowest BCUT2D eigenvalue weighted by molar-refractivity contribution is 0.0395. The van der Waals surface area contributed by atoms with E-state index in [9.17, 15) is 8.78 Å². The van der Waals surface area contributed by atoms with Crippen molar-refractivity contribution in [2.75, 3.05) is 14.1 Å². The molecular weight excluding hydrogens is 124 g/mol. The molecule has 0 aliphatic heterocycles. The Morgan fingerprint density at radius 3 is 1.78 bits per heavy atom. The molecule has 0 radical (unpaired) electrons. The Hall–Kier alpha value is -0.600. The minimum Gasteiger partial charge on any atom is -0.377 e. The summed E-state index contributed by atoms with van der Waals surface area (Å²) in [7, 11) is 3.08. The summed E-state index contributed by atoms with van der Waals surface area (Å²) in [5.74, 6) is -2.79. The molecule has 0 aliphatic carbocycles. The average Bonchev–Trinajstić information content (AvgIpc) is 1.62. The van der Waals surface area contributed by atoms with Crippen molar-refractivity contribution >= 4 is 0 Å². The zero-order valence-corrected chi connectivity index (χ0v) is 5.91. The van der Waals surface area contributed by atoms with Gasteiger partial charge < -0.3 is 4.90 Å². The van der Waals surface area contributed by atoms with Crippen LogP contribution in [-0.2, 0) is 0 Å². The molecule has 0 aromatic rings. The number of nitrogens with zero attached hydrogens (tertiary/aromatic N) is 1. The molecular formula is C6H11F2N. The van der Waals surface area contributed by atoms with Crippen molar-refractivity contribution in [2.45, 2.75) is 12.8 Å². The van der Waals surface area contributed by atoms with E-state index in [1.54, 1.807) is 14.1 Å². The van der Waals surface area contributed by atoms with Crippen molar-refractivity contribution in [3.8, 4) is 0 Å². The van der Waals surface area contributed by atoms with Crippen LogP contribution in [-0.4, -0.2) is 24.9 Å². The quantitative estimate of drug-likeness (QED) is 0.557. The van der Waals surface area contributed by atoms with Crippen molar-refractivity contribution in [3.63, 3.8) is 0 Å². The number of alkyl halides is 2. The van der Waals surface area contributed by atoms with Crippen LogP contribution in [0, 0.1) is 0 Å². The smallest absolute Gasteiger partial charge is 0.284 e. The van der Waals surface area contributed by atoms with E-state index in [4.69, 9.17) is 0 Å². The number of hydrogen-bond acceptors (Lipinski definition) is 1. The Labute approximate surface area is 54.0 Å². The molecule has 0 saturated heterocycles. The highest BCUT2D eigenvalue weighted by molar-refractivity contribution is 5.02. The molecule has 0 rings (SSSR count). The molecule has 0 saturated carbocycles. The molecule has 0 aromatic carbocycles. The first-order valence-corrected chi connectivity index (χ1v) is 2.60. The van der Waals surface area contributed by atoms with Crippen LogP contribution >= 0.6 is 0 Å². The minimum absolute atomic E-state index is 0.164. The zero-order valence-electron chi connectivity index (χ0n) is 5.91. The van der Waals surface area contributed by atoms with Gasteiger partial charge in [-0.15, -0.1) is 0 Å². The summed E-state index contributed by atoms with van der Waals surface area (Å²) in [6.07, 6.45) is 0. The van der Waals surface area contributed by atoms with Crippen molar-refractivity contribution in [1.82, 2.24) is 4.90 Å². The number of hydrogen-bond donors (Lipinski definition) is 0. The summed E-state index contributed by atoms with van der Waals surface area (Å²) >= 11 is 0. The predicted molar refractivity (Wildman–Crippen MR) is 33.4 cm³/mol. The van der Waals surface area contributed by atoms with Gasteiger partial charge in [0.1, 0.15) is 0 Å². The topological polar surface area (TPSA) is 3.24 Å². The van der Waals surface area contributed by atoms with E-state index in [0.29, 0.717) is 0 Å². The Morgan fingerprint density at radius 1 is 1.44 bits per heavy atom. The molecule has 0 unspecified atom stereocenters. The fraction of sp³-hybridized carbons (Fsp3) is 0.667. The Bertz CT molecular complexity index is 113. The fourth-order valence-corrected chi connectivity index (χ4v) is 0.393. The summed E-state index contributed by atoms with van der Waals surface area (Å²) in [4.78, 5) is 1.31. The molecule has 0 heterocycles. The first-order chi connectivity index (χ1) is 3.85. The van der Waals surface area contributed by atoms with Gasteiger partial charge in [0, 0.05) is 21.0 Å². The molecule has 0 spiro atoms. The highest BCUT2D eigenvalue weighted by Crippen LogP contribution is 2.22. The summed E-state index contributed by atoms with van der Waals surface area (Å²) in [5.41, 5.74) is -0.164. The summed E-state index contributed by atoms with van der Waals surface area (Å²) < 4.78 is 24.5. The van der Waals surface area contributed by atoms with Crippen LogP contribution in [0.25, 0.3) is 0 Å². The number of allylic oxidation sites excluding steroid dienone is 1.